The molecule has 3 heteroatoms. The number of rotatable bonds is 6. The second-order valence-electron chi connectivity index (χ2n) is 5.79. The summed E-state index contributed by atoms with van der Waals surface area (Å²) in [7, 11) is 0. The molecule has 0 spiro atoms. The summed E-state index contributed by atoms with van der Waals surface area (Å²) in [4.78, 5) is 0. The van der Waals surface area contributed by atoms with Crippen LogP contribution in [0.5, 0.6) is 0 Å². The molecule has 0 aromatic rings. The zero-order valence-electron chi connectivity index (χ0n) is 11.1. The second-order valence-corrected chi connectivity index (χ2v) is 5.79. The van der Waals surface area contributed by atoms with E-state index in [1.165, 1.54) is 25.7 Å². The predicted molar refractivity (Wildman–Crippen MR) is 68.5 cm³/mol. The van der Waals surface area contributed by atoms with Gasteiger partial charge in [-0.25, -0.2) is 0 Å². The first kappa shape index (κ1) is 13.9. The summed E-state index contributed by atoms with van der Waals surface area (Å²) in [5.74, 6) is 0. The third-order valence-electron chi connectivity index (χ3n) is 3.34. The van der Waals surface area contributed by atoms with Gasteiger partial charge in [0.15, 0.2) is 0 Å². The van der Waals surface area contributed by atoms with Crippen LogP contribution in [-0.4, -0.2) is 31.8 Å². The van der Waals surface area contributed by atoms with Crippen molar-refractivity contribution in [2.75, 3.05) is 19.8 Å². The number of hydrogen-bond acceptors (Lipinski definition) is 3. The number of hydrogen-bond donors (Lipinski definition) is 2. The van der Waals surface area contributed by atoms with E-state index in [2.05, 4.69) is 19.2 Å². The molecule has 0 heterocycles. The zero-order chi connectivity index (χ0) is 12.0. The van der Waals surface area contributed by atoms with Crippen LogP contribution in [-0.2, 0) is 4.74 Å². The molecule has 1 fully saturated rings. The van der Waals surface area contributed by atoms with E-state index in [0.717, 1.165) is 19.8 Å². The maximum atomic E-state index is 5.90. The standard InChI is InChI=1S/C13H28N2O/c1-4-16-10-13(2,3)9-15-12-7-5-11(14)6-8-12/h11-12,15H,4-10,14H2,1-3H3. The molecule has 0 radical (unpaired) electrons. The van der Waals surface area contributed by atoms with Crippen molar-refractivity contribution in [1.29, 1.82) is 0 Å². The van der Waals surface area contributed by atoms with E-state index in [0.29, 0.717) is 12.1 Å². The lowest BCUT2D eigenvalue weighted by atomic mass is 9.89. The highest BCUT2D eigenvalue weighted by molar-refractivity contribution is 4.81. The van der Waals surface area contributed by atoms with E-state index in [1.54, 1.807) is 0 Å². The third-order valence-corrected chi connectivity index (χ3v) is 3.34. The van der Waals surface area contributed by atoms with Crippen molar-refractivity contribution in [3.63, 3.8) is 0 Å². The summed E-state index contributed by atoms with van der Waals surface area (Å²) >= 11 is 0. The lowest BCUT2D eigenvalue weighted by molar-refractivity contribution is 0.0679. The Labute approximate surface area is 100 Å². The summed E-state index contributed by atoms with van der Waals surface area (Å²) in [6.45, 7) is 9.23. The largest absolute Gasteiger partial charge is 0.381 e. The summed E-state index contributed by atoms with van der Waals surface area (Å²) in [5, 5.41) is 3.66. The minimum Gasteiger partial charge on any atom is -0.381 e. The van der Waals surface area contributed by atoms with Gasteiger partial charge in [0.2, 0.25) is 0 Å². The Hall–Kier alpha value is -0.120. The van der Waals surface area contributed by atoms with Crippen molar-refractivity contribution in [3.05, 3.63) is 0 Å². The van der Waals surface area contributed by atoms with Crippen molar-refractivity contribution in [2.45, 2.75) is 58.5 Å². The van der Waals surface area contributed by atoms with Gasteiger partial charge in [-0.3, -0.25) is 0 Å². The van der Waals surface area contributed by atoms with Crippen molar-refractivity contribution >= 4 is 0 Å². The zero-order valence-corrected chi connectivity index (χ0v) is 11.1. The van der Waals surface area contributed by atoms with Gasteiger partial charge in [-0.05, 0) is 32.6 Å². The summed E-state index contributed by atoms with van der Waals surface area (Å²) < 4.78 is 5.50. The molecule has 0 aromatic heterocycles. The van der Waals surface area contributed by atoms with Crippen LogP contribution in [0.4, 0.5) is 0 Å². The fourth-order valence-corrected chi connectivity index (χ4v) is 2.17. The summed E-state index contributed by atoms with van der Waals surface area (Å²) in [6, 6.07) is 1.11. The van der Waals surface area contributed by atoms with E-state index < -0.39 is 0 Å². The molecule has 3 nitrogen and oxygen atoms in total. The van der Waals surface area contributed by atoms with Crippen LogP contribution >= 0.6 is 0 Å². The van der Waals surface area contributed by atoms with Crippen molar-refractivity contribution in [2.24, 2.45) is 11.1 Å². The van der Waals surface area contributed by atoms with Crippen LogP contribution < -0.4 is 11.1 Å². The van der Waals surface area contributed by atoms with Gasteiger partial charge in [0.1, 0.15) is 0 Å². The summed E-state index contributed by atoms with van der Waals surface area (Å²) in [5.41, 5.74) is 6.13. The van der Waals surface area contributed by atoms with Crippen LogP contribution in [0.15, 0.2) is 0 Å². The fraction of sp³-hybridized carbons (Fsp3) is 1.00. The molecule has 1 aliphatic rings. The van der Waals surface area contributed by atoms with E-state index in [-0.39, 0.29) is 5.41 Å². The molecule has 0 aliphatic heterocycles. The first-order chi connectivity index (χ1) is 7.53. The molecule has 0 atom stereocenters. The Balaban J connectivity index is 2.17. The quantitative estimate of drug-likeness (QED) is 0.730. The van der Waals surface area contributed by atoms with Gasteiger partial charge in [-0.1, -0.05) is 13.8 Å². The molecule has 96 valence electrons. The highest BCUT2D eigenvalue weighted by Gasteiger charge is 2.22. The molecule has 1 saturated carbocycles. The van der Waals surface area contributed by atoms with Crippen LogP contribution in [0.1, 0.15) is 46.5 Å². The number of nitrogens with two attached hydrogens (primary N) is 1. The van der Waals surface area contributed by atoms with Gasteiger partial charge < -0.3 is 15.8 Å². The Morgan fingerprint density at radius 2 is 1.88 bits per heavy atom. The Morgan fingerprint density at radius 3 is 2.44 bits per heavy atom. The molecule has 1 rings (SSSR count). The van der Waals surface area contributed by atoms with E-state index in [9.17, 15) is 0 Å². The molecular formula is C13H28N2O. The van der Waals surface area contributed by atoms with Crippen LogP contribution in [0.25, 0.3) is 0 Å². The molecule has 0 unspecified atom stereocenters. The third kappa shape index (κ3) is 5.28. The summed E-state index contributed by atoms with van der Waals surface area (Å²) in [6.07, 6.45) is 4.80. The molecule has 3 N–H and O–H groups in total. The molecule has 1 aliphatic carbocycles. The first-order valence-corrected chi connectivity index (χ1v) is 6.60. The Bertz CT molecular complexity index is 186. The van der Waals surface area contributed by atoms with Gasteiger partial charge in [0.05, 0.1) is 6.61 Å². The molecule has 0 bridgehead atoms. The second kappa shape index (κ2) is 6.58. The molecule has 16 heavy (non-hydrogen) atoms. The Kier molecular flexibility index (Phi) is 5.73. The van der Waals surface area contributed by atoms with Crippen molar-refractivity contribution in [1.82, 2.24) is 5.32 Å². The lowest BCUT2D eigenvalue weighted by Crippen LogP contribution is -2.42. The SMILES string of the molecule is CCOCC(C)(C)CNC1CCC(N)CC1. The van der Waals surface area contributed by atoms with Gasteiger partial charge in [0, 0.05) is 30.7 Å². The van der Waals surface area contributed by atoms with Gasteiger partial charge >= 0.3 is 0 Å². The topological polar surface area (TPSA) is 47.3 Å². The Morgan fingerprint density at radius 1 is 1.25 bits per heavy atom. The first-order valence-electron chi connectivity index (χ1n) is 6.60. The van der Waals surface area contributed by atoms with E-state index in [4.69, 9.17) is 10.5 Å². The maximum absolute atomic E-state index is 5.90. The highest BCUT2D eigenvalue weighted by Crippen LogP contribution is 2.19. The average molecular weight is 228 g/mol. The molecule has 0 amide bonds. The van der Waals surface area contributed by atoms with Crippen molar-refractivity contribution in [3.8, 4) is 0 Å². The highest BCUT2D eigenvalue weighted by atomic mass is 16.5. The molecule has 0 aromatic carbocycles. The average Bonchev–Trinajstić information content (AvgIpc) is 2.26. The van der Waals surface area contributed by atoms with E-state index in [1.807, 2.05) is 6.92 Å². The van der Waals surface area contributed by atoms with Crippen LogP contribution in [0.2, 0.25) is 0 Å². The van der Waals surface area contributed by atoms with E-state index >= 15 is 0 Å². The smallest absolute Gasteiger partial charge is 0.0529 e. The van der Waals surface area contributed by atoms with Gasteiger partial charge in [0.25, 0.3) is 0 Å². The minimum atomic E-state index is 0.232. The fourth-order valence-electron chi connectivity index (χ4n) is 2.17. The predicted octanol–water partition coefficient (Wildman–Crippen LogP) is 1.91. The lowest BCUT2D eigenvalue weighted by Gasteiger charge is -2.31. The normalized spacial score (nSPS) is 27.0. The number of nitrogens with one attached hydrogen (secondary N) is 1. The van der Waals surface area contributed by atoms with Crippen LogP contribution in [0.3, 0.4) is 0 Å². The number of ether oxygens (including phenoxy) is 1. The van der Waals surface area contributed by atoms with Crippen LogP contribution in [0, 0.1) is 5.41 Å². The van der Waals surface area contributed by atoms with Gasteiger partial charge in [-0.15, -0.1) is 0 Å². The van der Waals surface area contributed by atoms with Crippen molar-refractivity contribution < 1.29 is 4.74 Å². The minimum absolute atomic E-state index is 0.232. The maximum Gasteiger partial charge on any atom is 0.0529 e. The molecular weight excluding hydrogens is 200 g/mol. The monoisotopic (exact) mass is 228 g/mol. The van der Waals surface area contributed by atoms with Gasteiger partial charge in [-0.2, -0.15) is 0 Å². The molecule has 0 saturated heterocycles.